The fraction of sp³-hybridized carbons (Fsp3) is 0.500. The fourth-order valence-electron chi connectivity index (χ4n) is 1.63. The van der Waals surface area contributed by atoms with E-state index in [1.807, 2.05) is 0 Å². The summed E-state index contributed by atoms with van der Waals surface area (Å²) in [6.07, 6.45) is 0.680. The number of esters is 2. The highest BCUT2D eigenvalue weighted by atomic mass is 16.6. The van der Waals surface area contributed by atoms with Crippen molar-refractivity contribution < 1.29 is 38.1 Å². The number of nitrogens with one attached hydrogen (secondary N) is 2. The van der Waals surface area contributed by atoms with Crippen molar-refractivity contribution in [1.29, 1.82) is 0 Å². The molecule has 0 bridgehead atoms. The molecule has 10 nitrogen and oxygen atoms in total. The molecule has 10 heteroatoms. The normalized spacial score (nSPS) is 23.5. The lowest BCUT2D eigenvalue weighted by molar-refractivity contribution is -0.141. The standard InChI is InChI=1S/C12H14N2O8/c15-9(19-3-7-5-21-11(17)13-7)1-2-10(16)20-4-8-6-22-12(18)14-8/h1-2,7-8H,3-6H2,(H,13,17)(H,14,18)/b2-1+/t7-,8-/m0/s1. The molecule has 2 amide bonds. The summed E-state index contributed by atoms with van der Waals surface area (Å²) >= 11 is 0. The monoisotopic (exact) mass is 314 g/mol. The first-order chi connectivity index (χ1) is 10.5. The van der Waals surface area contributed by atoms with Gasteiger partial charge in [0.15, 0.2) is 0 Å². The van der Waals surface area contributed by atoms with Crippen LogP contribution in [0.1, 0.15) is 0 Å². The zero-order valence-electron chi connectivity index (χ0n) is 11.4. The Bertz CT molecular complexity index is 459. The molecule has 2 aliphatic rings. The van der Waals surface area contributed by atoms with Crippen molar-refractivity contribution in [2.24, 2.45) is 0 Å². The van der Waals surface area contributed by atoms with Crippen LogP contribution in [0.4, 0.5) is 9.59 Å². The molecule has 0 saturated carbocycles. The van der Waals surface area contributed by atoms with Crippen LogP contribution in [0.3, 0.4) is 0 Å². The van der Waals surface area contributed by atoms with E-state index in [4.69, 9.17) is 9.47 Å². The average Bonchev–Trinajstić information content (AvgIpc) is 3.09. The van der Waals surface area contributed by atoms with Crippen molar-refractivity contribution in [2.75, 3.05) is 26.4 Å². The van der Waals surface area contributed by atoms with Gasteiger partial charge in [-0.3, -0.25) is 0 Å². The maximum atomic E-state index is 11.3. The largest absolute Gasteiger partial charge is 0.460 e. The molecule has 2 rings (SSSR count). The Labute approximate surface area is 124 Å². The molecule has 2 atom stereocenters. The van der Waals surface area contributed by atoms with Crippen LogP contribution < -0.4 is 10.6 Å². The molecule has 0 radical (unpaired) electrons. The predicted octanol–water partition coefficient (Wildman–Crippen LogP) is -1.15. The maximum Gasteiger partial charge on any atom is 0.407 e. The fourth-order valence-corrected chi connectivity index (χ4v) is 1.63. The van der Waals surface area contributed by atoms with E-state index in [0.717, 1.165) is 12.2 Å². The number of cyclic esters (lactones) is 2. The molecular formula is C12H14N2O8. The van der Waals surface area contributed by atoms with Gasteiger partial charge in [-0.25, -0.2) is 19.2 Å². The van der Waals surface area contributed by atoms with Gasteiger partial charge < -0.3 is 29.6 Å². The third-order valence-corrected chi connectivity index (χ3v) is 2.68. The Morgan fingerprint density at radius 2 is 1.36 bits per heavy atom. The van der Waals surface area contributed by atoms with Gasteiger partial charge in [-0.05, 0) is 0 Å². The zero-order chi connectivity index (χ0) is 15.9. The van der Waals surface area contributed by atoms with Gasteiger partial charge in [0.2, 0.25) is 0 Å². The summed E-state index contributed by atoms with van der Waals surface area (Å²) in [5.41, 5.74) is 0. The van der Waals surface area contributed by atoms with Gasteiger partial charge in [0.25, 0.3) is 0 Å². The quantitative estimate of drug-likeness (QED) is 0.357. The molecular weight excluding hydrogens is 300 g/mol. The second-order valence-electron chi connectivity index (χ2n) is 4.47. The third kappa shape index (κ3) is 4.96. The van der Waals surface area contributed by atoms with Crippen LogP contribution in [0.25, 0.3) is 0 Å². The highest BCUT2D eigenvalue weighted by molar-refractivity contribution is 5.91. The first-order valence-electron chi connectivity index (χ1n) is 6.41. The number of carbonyl (C=O) groups excluding carboxylic acids is 4. The van der Waals surface area contributed by atoms with Gasteiger partial charge in [0.05, 0.1) is 0 Å². The molecule has 120 valence electrons. The maximum absolute atomic E-state index is 11.3. The van der Waals surface area contributed by atoms with E-state index in [-0.39, 0.29) is 26.4 Å². The first kappa shape index (κ1) is 15.6. The molecule has 0 unspecified atom stereocenters. The van der Waals surface area contributed by atoms with E-state index >= 15 is 0 Å². The smallest absolute Gasteiger partial charge is 0.407 e. The van der Waals surface area contributed by atoms with Crippen LogP contribution in [-0.4, -0.2) is 62.6 Å². The number of hydrogen-bond acceptors (Lipinski definition) is 8. The summed E-state index contributed by atoms with van der Waals surface area (Å²) in [7, 11) is 0. The molecule has 0 spiro atoms. The van der Waals surface area contributed by atoms with E-state index in [1.165, 1.54) is 0 Å². The number of ether oxygens (including phenoxy) is 4. The molecule has 2 saturated heterocycles. The van der Waals surface area contributed by atoms with Crippen molar-refractivity contribution in [3.63, 3.8) is 0 Å². The number of hydrogen-bond donors (Lipinski definition) is 2. The minimum absolute atomic E-state index is 0.0601. The molecule has 2 fully saturated rings. The molecule has 2 aliphatic heterocycles. The average molecular weight is 314 g/mol. The zero-order valence-corrected chi connectivity index (χ0v) is 11.4. The molecule has 0 aromatic carbocycles. The Balaban J connectivity index is 1.60. The SMILES string of the molecule is O=C(/C=C/C(=O)OC[C@H]1COC(=O)N1)OC[C@H]1COC(=O)N1. The van der Waals surface area contributed by atoms with Crippen LogP contribution in [0, 0.1) is 0 Å². The molecule has 2 heterocycles. The minimum Gasteiger partial charge on any atom is -0.460 e. The highest BCUT2D eigenvalue weighted by Crippen LogP contribution is 2.00. The minimum atomic E-state index is -0.754. The summed E-state index contributed by atoms with van der Waals surface area (Å²) < 4.78 is 18.8. The third-order valence-electron chi connectivity index (χ3n) is 2.68. The molecule has 2 N–H and O–H groups in total. The van der Waals surface area contributed by atoms with Crippen molar-refractivity contribution in [1.82, 2.24) is 10.6 Å². The number of amides is 2. The van der Waals surface area contributed by atoms with E-state index in [9.17, 15) is 19.2 Å². The number of alkyl carbamates (subject to hydrolysis) is 2. The topological polar surface area (TPSA) is 129 Å². The molecule has 0 aliphatic carbocycles. The lowest BCUT2D eigenvalue weighted by Gasteiger charge is -2.07. The number of carbonyl (C=O) groups is 4. The van der Waals surface area contributed by atoms with Gasteiger partial charge in [-0.2, -0.15) is 0 Å². The Kier molecular flexibility index (Phi) is 5.17. The van der Waals surface area contributed by atoms with Crippen molar-refractivity contribution in [3.8, 4) is 0 Å². The van der Waals surface area contributed by atoms with Crippen molar-refractivity contribution in [3.05, 3.63) is 12.2 Å². The summed E-state index contributed by atoms with van der Waals surface area (Å²) in [6.45, 7) is 0.116. The van der Waals surface area contributed by atoms with Gasteiger partial charge >= 0.3 is 24.1 Å². The van der Waals surface area contributed by atoms with Crippen LogP contribution >= 0.6 is 0 Å². The second kappa shape index (κ2) is 7.29. The summed E-state index contributed by atoms with van der Waals surface area (Å²) in [6, 6.07) is -0.800. The van der Waals surface area contributed by atoms with Crippen LogP contribution in [0.5, 0.6) is 0 Å². The Morgan fingerprint density at radius 1 is 0.955 bits per heavy atom. The van der Waals surface area contributed by atoms with Crippen molar-refractivity contribution in [2.45, 2.75) is 12.1 Å². The molecule has 0 aromatic heterocycles. The van der Waals surface area contributed by atoms with E-state index in [0.29, 0.717) is 0 Å². The van der Waals surface area contributed by atoms with Gasteiger partial charge in [0.1, 0.15) is 38.5 Å². The number of rotatable bonds is 6. The van der Waals surface area contributed by atoms with E-state index in [2.05, 4.69) is 20.1 Å². The van der Waals surface area contributed by atoms with Gasteiger partial charge in [-0.1, -0.05) is 0 Å². The van der Waals surface area contributed by atoms with Crippen LogP contribution in [-0.2, 0) is 28.5 Å². The van der Waals surface area contributed by atoms with Gasteiger partial charge in [0, 0.05) is 12.2 Å². The Hall–Kier alpha value is -2.78. The van der Waals surface area contributed by atoms with Crippen molar-refractivity contribution >= 4 is 24.1 Å². The Morgan fingerprint density at radius 3 is 1.68 bits per heavy atom. The van der Waals surface area contributed by atoms with Crippen LogP contribution in [0.15, 0.2) is 12.2 Å². The second-order valence-corrected chi connectivity index (χ2v) is 4.47. The van der Waals surface area contributed by atoms with Crippen LogP contribution in [0.2, 0.25) is 0 Å². The summed E-state index contributed by atoms with van der Waals surface area (Å²) in [5.74, 6) is -1.51. The summed E-state index contributed by atoms with van der Waals surface area (Å²) in [5, 5.41) is 4.86. The first-order valence-corrected chi connectivity index (χ1v) is 6.41. The highest BCUT2D eigenvalue weighted by Gasteiger charge is 2.24. The molecule has 22 heavy (non-hydrogen) atoms. The van der Waals surface area contributed by atoms with Gasteiger partial charge in [-0.15, -0.1) is 0 Å². The molecule has 0 aromatic rings. The predicted molar refractivity (Wildman–Crippen MR) is 67.6 cm³/mol. The lowest BCUT2D eigenvalue weighted by atomic mass is 10.3. The lowest BCUT2D eigenvalue weighted by Crippen LogP contribution is -2.32. The van der Waals surface area contributed by atoms with E-state index in [1.54, 1.807) is 0 Å². The van der Waals surface area contributed by atoms with E-state index < -0.39 is 36.2 Å². The summed E-state index contributed by atoms with van der Waals surface area (Å²) in [4.78, 5) is 44.1.